The van der Waals surface area contributed by atoms with Crippen LogP contribution in [0.25, 0.3) is 11.0 Å². The quantitative estimate of drug-likeness (QED) is 0.917. The number of benzene rings is 1. The minimum atomic E-state index is 0.0723. The van der Waals surface area contributed by atoms with Crippen LogP contribution in [0.1, 0.15) is 45.1 Å². The van der Waals surface area contributed by atoms with Crippen molar-refractivity contribution in [3.63, 3.8) is 0 Å². The fourth-order valence-electron chi connectivity index (χ4n) is 2.59. The second-order valence-corrected chi connectivity index (χ2v) is 6.32. The van der Waals surface area contributed by atoms with Gasteiger partial charge < -0.3 is 9.88 Å². The number of imidazole rings is 1. The van der Waals surface area contributed by atoms with Crippen LogP contribution >= 0.6 is 0 Å². The molecule has 0 aliphatic carbocycles. The SMILES string of the molecule is Cc1nc2cc(CC(=O)NCC(C)C)ccc2n1C(C)C. The van der Waals surface area contributed by atoms with Gasteiger partial charge in [-0.25, -0.2) is 4.98 Å². The molecule has 0 saturated carbocycles. The number of carbonyl (C=O) groups is 1. The summed E-state index contributed by atoms with van der Waals surface area (Å²) < 4.78 is 2.22. The molecule has 1 amide bonds. The van der Waals surface area contributed by atoms with Crippen molar-refractivity contribution in [1.29, 1.82) is 0 Å². The average molecular weight is 287 g/mol. The fraction of sp³-hybridized carbons (Fsp3) is 0.529. The molecule has 0 spiro atoms. The van der Waals surface area contributed by atoms with E-state index in [-0.39, 0.29) is 5.91 Å². The second kappa shape index (κ2) is 6.29. The lowest BCUT2D eigenvalue weighted by molar-refractivity contribution is -0.120. The minimum absolute atomic E-state index is 0.0723. The number of nitrogens with one attached hydrogen (secondary N) is 1. The molecule has 2 rings (SSSR count). The molecule has 2 aromatic rings. The van der Waals surface area contributed by atoms with Crippen LogP contribution in [-0.4, -0.2) is 22.0 Å². The van der Waals surface area contributed by atoms with Gasteiger partial charge in [0.1, 0.15) is 5.82 Å². The number of fused-ring (bicyclic) bond motifs is 1. The molecule has 0 aliphatic heterocycles. The van der Waals surface area contributed by atoms with Gasteiger partial charge in [-0.15, -0.1) is 0 Å². The Labute approximate surface area is 126 Å². The summed E-state index contributed by atoms with van der Waals surface area (Å²) in [6, 6.07) is 6.50. The highest BCUT2D eigenvalue weighted by Gasteiger charge is 2.11. The number of aromatic nitrogens is 2. The number of aryl methyl sites for hydroxylation is 1. The van der Waals surface area contributed by atoms with Crippen LogP contribution in [0.2, 0.25) is 0 Å². The normalized spacial score (nSPS) is 11.6. The van der Waals surface area contributed by atoms with Gasteiger partial charge in [-0.05, 0) is 44.4 Å². The maximum Gasteiger partial charge on any atom is 0.224 e. The molecule has 0 atom stereocenters. The first-order valence-corrected chi connectivity index (χ1v) is 7.62. The molecular formula is C17H25N3O. The van der Waals surface area contributed by atoms with Gasteiger partial charge >= 0.3 is 0 Å². The highest BCUT2D eigenvalue weighted by atomic mass is 16.1. The zero-order valence-electron chi connectivity index (χ0n) is 13.6. The highest BCUT2D eigenvalue weighted by Crippen LogP contribution is 2.21. The monoisotopic (exact) mass is 287 g/mol. The predicted molar refractivity (Wildman–Crippen MR) is 86.4 cm³/mol. The zero-order valence-corrected chi connectivity index (χ0v) is 13.6. The molecule has 0 fully saturated rings. The molecule has 0 bridgehead atoms. The number of hydrogen-bond acceptors (Lipinski definition) is 2. The lowest BCUT2D eigenvalue weighted by Crippen LogP contribution is -2.28. The van der Waals surface area contributed by atoms with Gasteiger partial charge in [-0.3, -0.25) is 4.79 Å². The van der Waals surface area contributed by atoms with Gasteiger partial charge in [0.15, 0.2) is 0 Å². The zero-order chi connectivity index (χ0) is 15.6. The summed E-state index contributed by atoms with van der Waals surface area (Å²) in [5.41, 5.74) is 3.11. The molecule has 4 heteroatoms. The van der Waals surface area contributed by atoms with Crippen molar-refractivity contribution >= 4 is 16.9 Å². The van der Waals surface area contributed by atoms with E-state index in [0.717, 1.165) is 29.0 Å². The van der Waals surface area contributed by atoms with Crippen molar-refractivity contribution in [3.8, 4) is 0 Å². The second-order valence-electron chi connectivity index (χ2n) is 6.32. The molecule has 0 aliphatic rings. The lowest BCUT2D eigenvalue weighted by atomic mass is 10.1. The van der Waals surface area contributed by atoms with Crippen LogP contribution < -0.4 is 5.32 Å². The van der Waals surface area contributed by atoms with Gasteiger partial charge in [0, 0.05) is 12.6 Å². The van der Waals surface area contributed by atoms with Crippen molar-refractivity contribution < 1.29 is 4.79 Å². The smallest absolute Gasteiger partial charge is 0.224 e. The molecule has 0 saturated heterocycles. The van der Waals surface area contributed by atoms with Crippen LogP contribution in [0.4, 0.5) is 0 Å². The summed E-state index contributed by atoms with van der Waals surface area (Å²) in [7, 11) is 0. The van der Waals surface area contributed by atoms with Crippen LogP contribution in [0.3, 0.4) is 0 Å². The Morgan fingerprint density at radius 1 is 1.29 bits per heavy atom. The van der Waals surface area contributed by atoms with Crippen LogP contribution in [0, 0.1) is 12.8 Å². The molecule has 4 nitrogen and oxygen atoms in total. The van der Waals surface area contributed by atoms with E-state index in [1.165, 1.54) is 0 Å². The molecule has 1 aromatic heterocycles. The number of carbonyl (C=O) groups excluding carboxylic acids is 1. The third-order valence-corrected chi connectivity index (χ3v) is 3.52. The van der Waals surface area contributed by atoms with Crippen LogP contribution in [0.5, 0.6) is 0 Å². The van der Waals surface area contributed by atoms with E-state index in [0.29, 0.717) is 18.4 Å². The Hall–Kier alpha value is -1.84. The van der Waals surface area contributed by atoms with Crippen molar-refractivity contribution in [2.75, 3.05) is 6.54 Å². The molecule has 1 heterocycles. The first-order valence-electron chi connectivity index (χ1n) is 7.62. The van der Waals surface area contributed by atoms with Gasteiger partial charge in [-0.2, -0.15) is 0 Å². The molecule has 114 valence electrons. The predicted octanol–water partition coefficient (Wildman–Crippen LogP) is 3.24. The third-order valence-electron chi connectivity index (χ3n) is 3.52. The Bertz CT molecular complexity index is 641. The molecule has 0 radical (unpaired) electrons. The minimum Gasteiger partial charge on any atom is -0.356 e. The number of hydrogen-bond donors (Lipinski definition) is 1. The first-order chi connectivity index (χ1) is 9.88. The lowest BCUT2D eigenvalue weighted by Gasteiger charge is -2.11. The summed E-state index contributed by atoms with van der Waals surface area (Å²) in [4.78, 5) is 16.5. The molecule has 1 N–H and O–H groups in total. The number of amides is 1. The molecule has 21 heavy (non-hydrogen) atoms. The Balaban J connectivity index is 2.18. The molecule has 1 aromatic carbocycles. The van der Waals surface area contributed by atoms with E-state index in [9.17, 15) is 4.79 Å². The van der Waals surface area contributed by atoms with E-state index in [1.807, 2.05) is 19.1 Å². The third kappa shape index (κ3) is 3.63. The van der Waals surface area contributed by atoms with Crippen molar-refractivity contribution in [2.24, 2.45) is 5.92 Å². The number of nitrogens with zero attached hydrogens (tertiary/aromatic N) is 2. The highest BCUT2D eigenvalue weighted by molar-refractivity contribution is 5.82. The first kappa shape index (κ1) is 15.5. The summed E-state index contributed by atoms with van der Waals surface area (Å²) in [6.07, 6.45) is 0.413. The topological polar surface area (TPSA) is 46.9 Å². The Morgan fingerprint density at radius 2 is 2.00 bits per heavy atom. The Morgan fingerprint density at radius 3 is 2.62 bits per heavy atom. The summed E-state index contributed by atoms with van der Waals surface area (Å²) in [5.74, 6) is 1.56. The standard InChI is InChI=1S/C17H25N3O/c1-11(2)10-18-17(21)9-14-6-7-16-15(8-14)19-13(5)20(16)12(3)4/h6-8,11-12H,9-10H2,1-5H3,(H,18,21). The summed E-state index contributed by atoms with van der Waals surface area (Å²) in [6.45, 7) is 11.2. The van der Waals surface area contributed by atoms with Crippen LogP contribution in [0.15, 0.2) is 18.2 Å². The molecular weight excluding hydrogens is 262 g/mol. The van der Waals surface area contributed by atoms with Crippen molar-refractivity contribution in [1.82, 2.24) is 14.9 Å². The fourth-order valence-corrected chi connectivity index (χ4v) is 2.59. The number of rotatable bonds is 5. The van der Waals surface area contributed by atoms with Gasteiger partial charge in [0.25, 0.3) is 0 Å². The van der Waals surface area contributed by atoms with E-state index < -0.39 is 0 Å². The van der Waals surface area contributed by atoms with Crippen molar-refractivity contribution in [2.45, 2.75) is 47.1 Å². The van der Waals surface area contributed by atoms with E-state index >= 15 is 0 Å². The maximum atomic E-state index is 11.9. The van der Waals surface area contributed by atoms with Gasteiger partial charge in [-0.1, -0.05) is 19.9 Å². The van der Waals surface area contributed by atoms with Gasteiger partial charge in [0.2, 0.25) is 5.91 Å². The van der Waals surface area contributed by atoms with Crippen molar-refractivity contribution in [3.05, 3.63) is 29.6 Å². The van der Waals surface area contributed by atoms with Gasteiger partial charge in [0.05, 0.1) is 17.5 Å². The maximum absolute atomic E-state index is 11.9. The average Bonchev–Trinajstić information content (AvgIpc) is 2.71. The van der Waals surface area contributed by atoms with E-state index in [4.69, 9.17) is 0 Å². The van der Waals surface area contributed by atoms with E-state index in [1.54, 1.807) is 0 Å². The summed E-state index contributed by atoms with van der Waals surface area (Å²) in [5, 5.41) is 2.95. The largest absolute Gasteiger partial charge is 0.356 e. The summed E-state index contributed by atoms with van der Waals surface area (Å²) >= 11 is 0. The van der Waals surface area contributed by atoms with Crippen LogP contribution in [-0.2, 0) is 11.2 Å². The Kier molecular flexibility index (Phi) is 4.66. The molecule has 0 unspecified atom stereocenters. The van der Waals surface area contributed by atoms with E-state index in [2.05, 4.69) is 48.6 Å².